The second kappa shape index (κ2) is 7.41. The van der Waals surface area contributed by atoms with Gasteiger partial charge in [0, 0.05) is 16.7 Å². The number of nitrogens with zero attached hydrogens (tertiary/aromatic N) is 1. The molecule has 0 saturated heterocycles. The zero-order valence-corrected chi connectivity index (χ0v) is 14.4. The zero-order chi connectivity index (χ0) is 14.5. The van der Waals surface area contributed by atoms with Crippen LogP contribution in [0.5, 0.6) is 0 Å². The number of amides is 1. The number of carbonyl (C=O) groups is 1. The summed E-state index contributed by atoms with van der Waals surface area (Å²) >= 11 is 6.53. The lowest BCUT2D eigenvalue weighted by Gasteiger charge is -2.16. The van der Waals surface area contributed by atoms with Crippen molar-refractivity contribution >= 4 is 37.8 Å². The molecular formula is C14H18Br2N2O2. The van der Waals surface area contributed by atoms with Crippen LogP contribution in [0.1, 0.15) is 38.5 Å². The first-order chi connectivity index (χ1) is 9.56. The lowest BCUT2D eigenvalue weighted by Crippen LogP contribution is -2.38. The van der Waals surface area contributed by atoms with Crippen molar-refractivity contribution in [2.24, 2.45) is 0 Å². The summed E-state index contributed by atoms with van der Waals surface area (Å²) in [4.78, 5) is 24.0. The topological polar surface area (TPSA) is 51.1 Å². The molecule has 0 spiro atoms. The fraction of sp³-hybridized carbons (Fsp3) is 0.571. The normalized spacial score (nSPS) is 16.7. The Morgan fingerprint density at radius 3 is 2.55 bits per heavy atom. The van der Waals surface area contributed by atoms with Gasteiger partial charge in [-0.3, -0.25) is 9.59 Å². The molecule has 1 aliphatic carbocycles. The van der Waals surface area contributed by atoms with Gasteiger partial charge in [0.15, 0.2) is 0 Å². The summed E-state index contributed by atoms with van der Waals surface area (Å²) in [5.41, 5.74) is -0.191. The summed E-state index contributed by atoms with van der Waals surface area (Å²) in [5.74, 6) is -0.0935. The molecular weight excluding hydrogens is 388 g/mol. The number of pyridine rings is 1. The van der Waals surface area contributed by atoms with Gasteiger partial charge >= 0.3 is 0 Å². The highest BCUT2D eigenvalue weighted by molar-refractivity contribution is 9.11. The second-order valence-electron chi connectivity index (χ2n) is 5.20. The van der Waals surface area contributed by atoms with Crippen LogP contribution in [0.3, 0.4) is 0 Å². The Morgan fingerprint density at radius 1 is 1.25 bits per heavy atom. The third-order valence-electron chi connectivity index (χ3n) is 3.54. The number of hydrogen-bond donors (Lipinski definition) is 1. The highest BCUT2D eigenvalue weighted by atomic mass is 79.9. The van der Waals surface area contributed by atoms with Crippen LogP contribution in [0.2, 0.25) is 0 Å². The molecule has 20 heavy (non-hydrogen) atoms. The van der Waals surface area contributed by atoms with Crippen molar-refractivity contribution < 1.29 is 4.79 Å². The Kier molecular flexibility index (Phi) is 5.84. The summed E-state index contributed by atoms with van der Waals surface area (Å²) in [6.45, 7) is 0.0629. The maximum Gasteiger partial charge on any atom is 0.265 e. The van der Waals surface area contributed by atoms with Gasteiger partial charge < -0.3 is 9.88 Å². The highest BCUT2D eigenvalue weighted by Gasteiger charge is 2.15. The molecule has 0 aliphatic heterocycles. The van der Waals surface area contributed by atoms with E-state index < -0.39 is 0 Å². The molecule has 0 unspecified atom stereocenters. The Hall–Kier alpha value is -0.620. The van der Waals surface area contributed by atoms with Crippen molar-refractivity contribution in [1.82, 2.24) is 9.88 Å². The minimum Gasteiger partial charge on any atom is -0.352 e. The van der Waals surface area contributed by atoms with Crippen LogP contribution in [0.15, 0.2) is 26.0 Å². The van der Waals surface area contributed by atoms with Gasteiger partial charge in [0.25, 0.3) is 5.56 Å². The second-order valence-corrected chi connectivity index (χ2v) is 6.97. The van der Waals surface area contributed by atoms with Crippen LogP contribution in [0, 0.1) is 0 Å². The Bertz CT molecular complexity index is 534. The van der Waals surface area contributed by atoms with Gasteiger partial charge in [-0.1, -0.05) is 25.7 Å². The summed E-state index contributed by atoms with van der Waals surface area (Å²) in [5, 5.41) is 3.04. The molecule has 1 aliphatic rings. The molecule has 0 radical (unpaired) electrons. The van der Waals surface area contributed by atoms with E-state index in [0.29, 0.717) is 4.47 Å². The Balaban J connectivity index is 1.99. The molecule has 1 saturated carbocycles. The SMILES string of the molecule is O=C(Cn1cc(Br)cc(Br)c1=O)NC1CCCCCC1. The molecule has 1 aromatic rings. The lowest BCUT2D eigenvalue weighted by molar-refractivity contribution is -0.122. The van der Waals surface area contributed by atoms with Crippen LogP contribution in [-0.2, 0) is 11.3 Å². The smallest absolute Gasteiger partial charge is 0.265 e. The molecule has 6 heteroatoms. The molecule has 0 bridgehead atoms. The minimum absolute atomic E-state index is 0.0629. The number of halogens is 2. The van der Waals surface area contributed by atoms with Gasteiger partial charge in [0.2, 0.25) is 5.91 Å². The van der Waals surface area contributed by atoms with Crippen molar-refractivity contribution in [2.45, 2.75) is 51.1 Å². The third kappa shape index (κ3) is 4.45. The van der Waals surface area contributed by atoms with Crippen LogP contribution >= 0.6 is 31.9 Å². The van der Waals surface area contributed by atoms with Crippen molar-refractivity contribution in [3.8, 4) is 0 Å². The van der Waals surface area contributed by atoms with Gasteiger partial charge in [-0.25, -0.2) is 0 Å². The first kappa shape index (κ1) is 15.8. The fourth-order valence-electron chi connectivity index (χ4n) is 2.53. The van der Waals surface area contributed by atoms with Crippen molar-refractivity contribution in [3.05, 3.63) is 31.6 Å². The largest absolute Gasteiger partial charge is 0.352 e. The molecule has 1 amide bonds. The van der Waals surface area contributed by atoms with Crippen molar-refractivity contribution in [1.29, 1.82) is 0 Å². The van der Waals surface area contributed by atoms with E-state index in [4.69, 9.17) is 0 Å². The maximum atomic E-state index is 12.1. The third-order valence-corrected chi connectivity index (χ3v) is 4.54. The standard InChI is InChI=1S/C14H18Br2N2O2/c15-10-7-12(16)14(20)18(8-10)9-13(19)17-11-5-3-1-2-4-6-11/h7-8,11H,1-6,9H2,(H,17,19). The van der Waals surface area contributed by atoms with E-state index >= 15 is 0 Å². The first-order valence-corrected chi connectivity index (χ1v) is 8.49. The lowest BCUT2D eigenvalue weighted by atomic mass is 10.1. The first-order valence-electron chi connectivity index (χ1n) is 6.91. The number of rotatable bonds is 3. The molecule has 0 aromatic carbocycles. The number of nitrogens with one attached hydrogen (secondary N) is 1. The van der Waals surface area contributed by atoms with Crippen molar-refractivity contribution in [3.63, 3.8) is 0 Å². The quantitative estimate of drug-likeness (QED) is 0.785. The van der Waals surface area contributed by atoms with Crippen LogP contribution in [-0.4, -0.2) is 16.5 Å². The molecule has 1 heterocycles. The van der Waals surface area contributed by atoms with E-state index in [0.717, 1.165) is 17.3 Å². The summed E-state index contributed by atoms with van der Waals surface area (Å²) in [7, 11) is 0. The van der Waals surface area contributed by atoms with Gasteiger partial charge in [0.1, 0.15) is 6.54 Å². The van der Waals surface area contributed by atoms with Gasteiger partial charge in [-0.2, -0.15) is 0 Å². The van der Waals surface area contributed by atoms with E-state index in [1.165, 1.54) is 30.3 Å². The number of aromatic nitrogens is 1. The van der Waals surface area contributed by atoms with E-state index in [1.807, 2.05) is 0 Å². The molecule has 2 rings (SSSR count). The van der Waals surface area contributed by atoms with Gasteiger partial charge in [-0.15, -0.1) is 0 Å². The average Bonchev–Trinajstić information content (AvgIpc) is 2.64. The highest BCUT2D eigenvalue weighted by Crippen LogP contribution is 2.17. The molecule has 1 N–H and O–H groups in total. The van der Waals surface area contributed by atoms with Gasteiger partial charge in [0.05, 0.1) is 4.47 Å². The van der Waals surface area contributed by atoms with Crippen LogP contribution in [0.25, 0.3) is 0 Å². The van der Waals surface area contributed by atoms with E-state index in [1.54, 1.807) is 12.3 Å². The Labute approximate surface area is 135 Å². The Morgan fingerprint density at radius 2 is 1.90 bits per heavy atom. The van der Waals surface area contributed by atoms with E-state index in [9.17, 15) is 9.59 Å². The molecule has 4 nitrogen and oxygen atoms in total. The molecule has 110 valence electrons. The van der Waals surface area contributed by atoms with Crippen LogP contribution in [0.4, 0.5) is 0 Å². The number of carbonyl (C=O) groups excluding carboxylic acids is 1. The predicted molar refractivity (Wildman–Crippen MR) is 85.7 cm³/mol. The summed E-state index contributed by atoms with van der Waals surface area (Å²) in [6, 6.07) is 1.94. The molecule has 1 aromatic heterocycles. The molecule has 0 atom stereocenters. The van der Waals surface area contributed by atoms with Crippen LogP contribution < -0.4 is 10.9 Å². The summed E-state index contributed by atoms with van der Waals surface area (Å²) < 4.78 is 2.64. The minimum atomic E-state index is -0.191. The zero-order valence-electron chi connectivity index (χ0n) is 11.2. The molecule has 1 fully saturated rings. The monoisotopic (exact) mass is 404 g/mol. The summed E-state index contributed by atoms with van der Waals surface area (Å²) in [6.07, 6.45) is 8.58. The fourth-order valence-corrected chi connectivity index (χ4v) is 3.79. The van der Waals surface area contributed by atoms with Gasteiger partial charge in [-0.05, 0) is 50.8 Å². The predicted octanol–water partition coefficient (Wildman–Crippen LogP) is 3.21. The van der Waals surface area contributed by atoms with E-state index in [-0.39, 0.29) is 24.1 Å². The maximum absolute atomic E-state index is 12.1. The average molecular weight is 406 g/mol. The van der Waals surface area contributed by atoms with Crippen molar-refractivity contribution in [2.75, 3.05) is 0 Å². The van der Waals surface area contributed by atoms with E-state index in [2.05, 4.69) is 37.2 Å². The number of hydrogen-bond acceptors (Lipinski definition) is 2.